The summed E-state index contributed by atoms with van der Waals surface area (Å²) in [4.78, 5) is 1.94. The van der Waals surface area contributed by atoms with Gasteiger partial charge in [-0.3, -0.25) is 0 Å². The monoisotopic (exact) mass is 240 g/mol. The van der Waals surface area contributed by atoms with Gasteiger partial charge in [-0.25, -0.2) is 4.39 Å². The zero-order valence-corrected chi connectivity index (χ0v) is 10.7. The summed E-state index contributed by atoms with van der Waals surface area (Å²) in [5.41, 5.74) is 1.99. The molecule has 3 nitrogen and oxygen atoms in total. The number of hydrogen-bond acceptors (Lipinski definition) is 3. The van der Waals surface area contributed by atoms with Crippen LogP contribution in [0.25, 0.3) is 0 Å². The molecule has 1 unspecified atom stereocenters. The summed E-state index contributed by atoms with van der Waals surface area (Å²) < 4.78 is 12.9. The molecule has 2 N–H and O–H groups in total. The quantitative estimate of drug-likeness (QED) is 0.783. The smallest absolute Gasteiger partial charge is 0.123 e. The Morgan fingerprint density at radius 3 is 2.71 bits per heavy atom. The van der Waals surface area contributed by atoms with Gasteiger partial charge in [0.2, 0.25) is 0 Å². The highest BCUT2D eigenvalue weighted by Crippen LogP contribution is 2.09. The first-order valence-electron chi connectivity index (χ1n) is 5.77. The van der Waals surface area contributed by atoms with Crippen molar-refractivity contribution < 1.29 is 9.50 Å². The molecule has 0 fully saturated rings. The van der Waals surface area contributed by atoms with Crippen molar-refractivity contribution in [1.82, 2.24) is 10.2 Å². The Morgan fingerprint density at radius 2 is 2.12 bits per heavy atom. The molecule has 0 spiro atoms. The van der Waals surface area contributed by atoms with Gasteiger partial charge in [0.25, 0.3) is 0 Å². The standard InChI is InChI=1S/C13H21FN2O/c1-10-6-12(14)5-4-11(10)7-15-8-13(17)9-16(2)3/h4-6,13,15,17H,7-9H2,1-3H3. The minimum atomic E-state index is -0.384. The molecule has 0 bridgehead atoms. The third kappa shape index (κ3) is 5.26. The van der Waals surface area contributed by atoms with Gasteiger partial charge in [0.15, 0.2) is 0 Å². The van der Waals surface area contributed by atoms with E-state index in [2.05, 4.69) is 5.32 Å². The maximum absolute atomic E-state index is 12.9. The van der Waals surface area contributed by atoms with Gasteiger partial charge in [-0.15, -0.1) is 0 Å². The van der Waals surface area contributed by atoms with E-state index in [-0.39, 0.29) is 11.9 Å². The van der Waals surface area contributed by atoms with Gasteiger partial charge in [-0.2, -0.15) is 0 Å². The predicted molar refractivity (Wildman–Crippen MR) is 67.4 cm³/mol. The van der Waals surface area contributed by atoms with Gasteiger partial charge in [0.05, 0.1) is 6.10 Å². The molecule has 96 valence electrons. The molecule has 0 aliphatic heterocycles. The Balaban J connectivity index is 2.35. The van der Waals surface area contributed by atoms with Crippen molar-refractivity contribution in [2.75, 3.05) is 27.2 Å². The number of aliphatic hydroxyl groups is 1. The number of nitrogens with zero attached hydrogens (tertiary/aromatic N) is 1. The van der Waals surface area contributed by atoms with Crippen molar-refractivity contribution in [2.45, 2.75) is 19.6 Å². The van der Waals surface area contributed by atoms with Gasteiger partial charge in [-0.1, -0.05) is 6.07 Å². The van der Waals surface area contributed by atoms with Crippen molar-refractivity contribution in [2.24, 2.45) is 0 Å². The molecule has 0 aromatic heterocycles. The number of rotatable bonds is 6. The van der Waals surface area contributed by atoms with Crippen LogP contribution in [0.2, 0.25) is 0 Å². The molecule has 0 radical (unpaired) electrons. The number of likely N-dealkylation sites (N-methyl/N-ethyl adjacent to an activating group) is 1. The molecule has 0 saturated carbocycles. The summed E-state index contributed by atoms with van der Waals surface area (Å²) >= 11 is 0. The number of hydrogen-bond donors (Lipinski definition) is 2. The average Bonchev–Trinajstić information content (AvgIpc) is 2.20. The molecule has 17 heavy (non-hydrogen) atoms. The van der Waals surface area contributed by atoms with Crippen LogP contribution in [0.3, 0.4) is 0 Å². The van der Waals surface area contributed by atoms with Crippen LogP contribution in [-0.2, 0) is 6.54 Å². The molecule has 1 aromatic carbocycles. The lowest BCUT2D eigenvalue weighted by Gasteiger charge is -2.16. The van der Waals surface area contributed by atoms with Crippen molar-refractivity contribution in [3.05, 3.63) is 35.1 Å². The number of halogens is 1. The second kappa shape index (κ2) is 6.69. The molecule has 0 aliphatic rings. The fourth-order valence-electron chi connectivity index (χ4n) is 1.72. The van der Waals surface area contributed by atoms with E-state index in [4.69, 9.17) is 0 Å². The normalized spacial score (nSPS) is 13.1. The molecule has 1 atom stereocenters. The minimum absolute atomic E-state index is 0.209. The Hall–Kier alpha value is -0.970. The largest absolute Gasteiger partial charge is 0.390 e. The zero-order valence-electron chi connectivity index (χ0n) is 10.7. The van der Waals surface area contributed by atoms with Gasteiger partial charge in [0, 0.05) is 19.6 Å². The first kappa shape index (κ1) is 14.1. The summed E-state index contributed by atoms with van der Waals surface area (Å²) in [7, 11) is 3.85. The summed E-state index contributed by atoms with van der Waals surface area (Å²) in [5, 5.41) is 12.8. The molecule has 4 heteroatoms. The lowest BCUT2D eigenvalue weighted by Crippen LogP contribution is -2.34. The fourth-order valence-corrected chi connectivity index (χ4v) is 1.72. The van der Waals surface area contributed by atoms with Crippen molar-refractivity contribution >= 4 is 0 Å². The highest BCUT2D eigenvalue weighted by Gasteiger charge is 2.05. The lowest BCUT2D eigenvalue weighted by molar-refractivity contribution is 0.134. The second-order valence-corrected chi connectivity index (χ2v) is 4.62. The molecule has 1 rings (SSSR count). The van der Waals surface area contributed by atoms with Gasteiger partial charge in [0.1, 0.15) is 5.82 Å². The first-order valence-corrected chi connectivity index (χ1v) is 5.77. The zero-order chi connectivity index (χ0) is 12.8. The topological polar surface area (TPSA) is 35.5 Å². The van der Waals surface area contributed by atoms with E-state index in [1.165, 1.54) is 12.1 Å². The SMILES string of the molecule is Cc1cc(F)ccc1CNCC(O)CN(C)C. The van der Waals surface area contributed by atoms with E-state index >= 15 is 0 Å². The van der Waals surface area contributed by atoms with Gasteiger partial charge < -0.3 is 15.3 Å². The van der Waals surface area contributed by atoms with Crippen LogP contribution < -0.4 is 5.32 Å². The molecule has 0 saturated heterocycles. The van der Waals surface area contributed by atoms with E-state index in [0.29, 0.717) is 19.6 Å². The Labute approximate surface area is 102 Å². The summed E-state index contributed by atoms with van der Waals surface area (Å²) in [6, 6.07) is 4.75. The van der Waals surface area contributed by atoms with Crippen molar-refractivity contribution in [3.8, 4) is 0 Å². The summed E-state index contributed by atoms with van der Waals surface area (Å²) in [6.07, 6.45) is -0.384. The van der Waals surface area contributed by atoms with E-state index in [1.807, 2.05) is 25.9 Å². The molecular weight excluding hydrogens is 219 g/mol. The van der Waals surface area contributed by atoms with E-state index < -0.39 is 0 Å². The highest BCUT2D eigenvalue weighted by molar-refractivity contribution is 5.26. The van der Waals surface area contributed by atoms with Crippen LogP contribution in [0.4, 0.5) is 4.39 Å². The number of benzene rings is 1. The Morgan fingerprint density at radius 1 is 1.41 bits per heavy atom. The van der Waals surface area contributed by atoms with Crippen molar-refractivity contribution in [3.63, 3.8) is 0 Å². The minimum Gasteiger partial charge on any atom is -0.390 e. The molecule has 0 amide bonds. The first-order chi connectivity index (χ1) is 7.99. The molecule has 0 aliphatic carbocycles. The average molecular weight is 240 g/mol. The maximum atomic E-state index is 12.9. The van der Waals surface area contributed by atoms with E-state index in [1.54, 1.807) is 6.07 Å². The lowest BCUT2D eigenvalue weighted by atomic mass is 10.1. The summed E-state index contributed by atoms with van der Waals surface area (Å²) in [6.45, 7) is 3.71. The number of aryl methyl sites for hydroxylation is 1. The van der Waals surface area contributed by atoms with Crippen LogP contribution in [-0.4, -0.2) is 43.3 Å². The van der Waals surface area contributed by atoms with Crippen LogP contribution in [0.5, 0.6) is 0 Å². The van der Waals surface area contributed by atoms with Crippen LogP contribution in [0.15, 0.2) is 18.2 Å². The van der Waals surface area contributed by atoms with Crippen LogP contribution in [0, 0.1) is 12.7 Å². The second-order valence-electron chi connectivity index (χ2n) is 4.62. The van der Waals surface area contributed by atoms with Gasteiger partial charge in [-0.05, 0) is 44.3 Å². The van der Waals surface area contributed by atoms with E-state index in [0.717, 1.165) is 11.1 Å². The molecule has 1 aromatic rings. The number of aliphatic hydroxyl groups excluding tert-OH is 1. The predicted octanol–water partition coefficient (Wildman–Crippen LogP) is 1.15. The van der Waals surface area contributed by atoms with Crippen molar-refractivity contribution in [1.29, 1.82) is 0 Å². The van der Waals surface area contributed by atoms with Crippen LogP contribution in [0.1, 0.15) is 11.1 Å². The Kier molecular flexibility index (Phi) is 5.55. The molecular formula is C13H21FN2O. The highest BCUT2D eigenvalue weighted by atomic mass is 19.1. The van der Waals surface area contributed by atoms with Gasteiger partial charge >= 0.3 is 0 Å². The summed E-state index contributed by atoms with van der Waals surface area (Å²) in [5.74, 6) is -0.209. The maximum Gasteiger partial charge on any atom is 0.123 e. The molecule has 0 heterocycles. The Bertz CT molecular complexity index is 355. The van der Waals surface area contributed by atoms with E-state index in [9.17, 15) is 9.50 Å². The third-order valence-corrected chi connectivity index (χ3v) is 2.58. The number of nitrogens with one attached hydrogen (secondary N) is 1. The third-order valence-electron chi connectivity index (χ3n) is 2.58. The fraction of sp³-hybridized carbons (Fsp3) is 0.538. The van der Waals surface area contributed by atoms with Crippen LogP contribution >= 0.6 is 0 Å².